The predicted molar refractivity (Wildman–Crippen MR) is 163 cm³/mol. The maximum Gasteiger partial charge on any atom is 0.295 e. The van der Waals surface area contributed by atoms with Crippen molar-refractivity contribution < 1.29 is 9.53 Å². The molecule has 1 amide bonds. The lowest BCUT2D eigenvalue weighted by atomic mass is 10.1. The van der Waals surface area contributed by atoms with Gasteiger partial charge in [0.25, 0.3) is 11.5 Å². The number of carbonyl (C=O) groups is 1. The van der Waals surface area contributed by atoms with Gasteiger partial charge in [-0.05, 0) is 55.8 Å². The van der Waals surface area contributed by atoms with Crippen LogP contribution in [0.4, 0.5) is 5.69 Å². The highest BCUT2D eigenvalue weighted by molar-refractivity contribution is 6.10. The van der Waals surface area contributed by atoms with E-state index in [1.54, 1.807) is 41.7 Å². The Morgan fingerprint density at radius 1 is 1.02 bits per heavy atom. The zero-order valence-electron chi connectivity index (χ0n) is 23.6. The van der Waals surface area contributed by atoms with Crippen molar-refractivity contribution in [2.24, 2.45) is 7.05 Å². The van der Waals surface area contributed by atoms with Gasteiger partial charge in [-0.15, -0.1) is 0 Å². The monoisotopic (exact) mass is 558 g/mol. The molecule has 210 valence electrons. The summed E-state index contributed by atoms with van der Waals surface area (Å²) in [6.45, 7) is 4.36. The molecule has 42 heavy (non-hydrogen) atoms. The summed E-state index contributed by atoms with van der Waals surface area (Å²) in [5, 5.41) is 17.5. The Hall–Kier alpha value is -5.62. The maximum absolute atomic E-state index is 13.4. The van der Waals surface area contributed by atoms with Gasteiger partial charge in [0.1, 0.15) is 28.8 Å². The maximum atomic E-state index is 13.4. The molecule has 0 atom stereocenters. The van der Waals surface area contributed by atoms with Crippen LogP contribution in [0.3, 0.4) is 0 Å². The number of aromatic nitrogens is 4. The molecule has 9 nitrogen and oxygen atoms in total. The van der Waals surface area contributed by atoms with Gasteiger partial charge in [0.2, 0.25) is 0 Å². The minimum Gasteiger partial charge on any atom is -0.494 e. The van der Waals surface area contributed by atoms with Crippen molar-refractivity contribution >= 4 is 17.7 Å². The summed E-state index contributed by atoms with van der Waals surface area (Å²) in [5.41, 5.74) is 3.48. The fourth-order valence-electron chi connectivity index (χ4n) is 4.58. The molecule has 0 aliphatic carbocycles. The second-order valence-electron chi connectivity index (χ2n) is 9.65. The quantitative estimate of drug-likeness (QED) is 0.185. The molecule has 2 aromatic heterocycles. The molecule has 1 N–H and O–H groups in total. The number of carbonyl (C=O) groups excluding carboxylic acids is 1. The molecule has 0 spiro atoms. The Kier molecular flexibility index (Phi) is 8.16. The molecule has 0 saturated carbocycles. The highest BCUT2D eigenvalue weighted by Gasteiger charge is 2.21. The van der Waals surface area contributed by atoms with E-state index in [0.29, 0.717) is 35.0 Å². The third-order valence-corrected chi connectivity index (χ3v) is 6.80. The van der Waals surface area contributed by atoms with Crippen molar-refractivity contribution in [2.75, 3.05) is 11.9 Å². The number of hydrogen-bond donors (Lipinski definition) is 1. The smallest absolute Gasteiger partial charge is 0.295 e. The number of benzene rings is 3. The SMILES string of the molecule is CCCOc1cccc(-c2nn(-c3ccccc3)cc2/C=C(/C#N)C(=O)Nc2c(C)n(C)n(-c3ccccc3)c2=O)c1. The van der Waals surface area contributed by atoms with Crippen LogP contribution in [0.25, 0.3) is 28.7 Å². The Morgan fingerprint density at radius 3 is 2.38 bits per heavy atom. The molecule has 5 rings (SSSR count). The van der Waals surface area contributed by atoms with Gasteiger partial charge < -0.3 is 10.1 Å². The Balaban J connectivity index is 1.54. The van der Waals surface area contributed by atoms with E-state index < -0.39 is 11.5 Å². The Labute approximate surface area is 243 Å². The lowest BCUT2D eigenvalue weighted by Crippen LogP contribution is -2.23. The molecule has 0 unspecified atom stereocenters. The molecule has 0 fully saturated rings. The standard InChI is InChI=1S/C33H30N6O3/c1-4-18-42-29-17-11-12-24(20-29)31-26(22-38(36-31)27-13-7-5-8-14-27)19-25(21-34)32(40)35-30-23(2)37(3)39(33(30)41)28-15-9-6-10-16-28/h5-17,19-20,22H,4,18H2,1-3H3,(H,35,40)/b25-19-. The molecule has 2 heterocycles. The molecule has 0 radical (unpaired) electrons. The van der Waals surface area contributed by atoms with Gasteiger partial charge in [-0.2, -0.15) is 10.4 Å². The number of para-hydroxylation sites is 2. The van der Waals surface area contributed by atoms with Gasteiger partial charge >= 0.3 is 0 Å². The molecule has 0 aliphatic heterocycles. The number of nitrogens with one attached hydrogen (secondary N) is 1. The molecule has 9 heteroatoms. The van der Waals surface area contributed by atoms with E-state index in [1.165, 1.54) is 10.8 Å². The molecule has 0 aliphatic rings. The minimum absolute atomic E-state index is 0.105. The largest absolute Gasteiger partial charge is 0.494 e. The topological polar surface area (TPSA) is 107 Å². The van der Waals surface area contributed by atoms with Crippen LogP contribution in [0, 0.1) is 18.3 Å². The Bertz CT molecular complexity index is 1860. The van der Waals surface area contributed by atoms with Gasteiger partial charge in [-0.1, -0.05) is 55.5 Å². The first-order valence-electron chi connectivity index (χ1n) is 13.6. The number of amides is 1. The predicted octanol–water partition coefficient (Wildman–Crippen LogP) is 5.67. The summed E-state index contributed by atoms with van der Waals surface area (Å²) in [6.07, 6.45) is 4.13. The molecular weight excluding hydrogens is 528 g/mol. The van der Waals surface area contributed by atoms with E-state index in [0.717, 1.165) is 17.7 Å². The second kappa shape index (κ2) is 12.3. The van der Waals surface area contributed by atoms with Crippen molar-refractivity contribution in [1.29, 1.82) is 5.26 Å². The first-order valence-corrected chi connectivity index (χ1v) is 13.6. The highest BCUT2D eigenvalue weighted by atomic mass is 16.5. The summed E-state index contributed by atoms with van der Waals surface area (Å²) < 4.78 is 10.7. The number of anilines is 1. The number of hydrogen-bond acceptors (Lipinski definition) is 5. The number of rotatable bonds is 9. The van der Waals surface area contributed by atoms with Gasteiger partial charge in [-0.25, -0.2) is 9.36 Å². The van der Waals surface area contributed by atoms with Crippen LogP contribution in [-0.4, -0.2) is 31.7 Å². The van der Waals surface area contributed by atoms with E-state index in [1.807, 2.05) is 85.8 Å². The molecular formula is C33H30N6O3. The zero-order valence-corrected chi connectivity index (χ0v) is 23.6. The van der Waals surface area contributed by atoms with Crippen LogP contribution in [-0.2, 0) is 11.8 Å². The third-order valence-electron chi connectivity index (χ3n) is 6.80. The van der Waals surface area contributed by atoms with Crippen molar-refractivity contribution in [3.8, 4) is 34.5 Å². The van der Waals surface area contributed by atoms with Gasteiger partial charge in [0.05, 0.1) is 23.7 Å². The summed E-state index contributed by atoms with van der Waals surface area (Å²) in [4.78, 5) is 26.7. The van der Waals surface area contributed by atoms with Gasteiger partial charge in [-0.3, -0.25) is 14.3 Å². The fourth-order valence-corrected chi connectivity index (χ4v) is 4.58. The van der Waals surface area contributed by atoms with Crippen LogP contribution in [0.2, 0.25) is 0 Å². The van der Waals surface area contributed by atoms with Crippen LogP contribution in [0.15, 0.2) is 101 Å². The van der Waals surface area contributed by atoms with E-state index >= 15 is 0 Å². The van der Waals surface area contributed by atoms with E-state index in [2.05, 4.69) is 5.32 Å². The van der Waals surface area contributed by atoms with E-state index in [-0.39, 0.29) is 11.3 Å². The lowest BCUT2D eigenvalue weighted by molar-refractivity contribution is -0.112. The Morgan fingerprint density at radius 2 is 1.71 bits per heavy atom. The van der Waals surface area contributed by atoms with Crippen molar-refractivity contribution in [2.45, 2.75) is 20.3 Å². The summed E-state index contributed by atoms with van der Waals surface area (Å²) in [6, 6.07) is 28.2. The van der Waals surface area contributed by atoms with Crippen LogP contribution >= 0.6 is 0 Å². The van der Waals surface area contributed by atoms with Crippen LogP contribution < -0.4 is 15.6 Å². The first kappa shape index (κ1) is 27.9. The average molecular weight is 559 g/mol. The van der Waals surface area contributed by atoms with E-state index in [9.17, 15) is 14.9 Å². The summed E-state index contributed by atoms with van der Waals surface area (Å²) in [7, 11) is 1.74. The van der Waals surface area contributed by atoms with Crippen molar-refractivity contribution in [1.82, 2.24) is 19.1 Å². The number of nitrogens with zero attached hydrogens (tertiary/aromatic N) is 5. The van der Waals surface area contributed by atoms with Crippen molar-refractivity contribution in [3.63, 3.8) is 0 Å². The molecule has 5 aromatic rings. The number of ether oxygens (including phenoxy) is 1. The van der Waals surface area contributed by atoms with Crippen molar-refractivity contribution in [3.05, 3.63) is 118 Å². The third kappa shape index (κ3) is 5.64. The van der Waals surface area contributed by atoms with E-state index in [4.69, 9.17) is 9.84 Å². The normalized spacial score (nSPS) is 11.2. The average Bonchev–Trinajstić information content (AvgIpc) is 3.54. The van der Waals surface area contributed by atoms with Gasteiger partial charge in [0.15, 0.2) is 0 Å². The first-order chi connectivity index (χ1) is 20.4. The van der Waals surface area contributed by atoms with Crippen LogP contribution in [0.1, 0.15) is 24.6 Å². The summed E-state index contributed by atoms with van der Waals surface area (Å²) in [5.74, 6) is 0.00740. The second-order valence-corrected chi connectivity index (χ2v) is 9.65. The minimum atomic E-state index is -0.693. The number of nitriles is 1. The van der Waals surface area contributed by atoms with Crippen LogP contribution in [0.5, 0.6) is 5.75 Å². The fraction of sp³-hybridized carbons (Fsp3) is 0.152. The van der Waals surface area contributed by atoms with Gasteiger partial charge in [0, 0.05) is 24.4 Å². The molecule has 3 aromatic carbocycles. The molecule has 0 bridgehead atoms. The zero-order chi connectivity index (χ0) is 29.6. The molecule has 0 saturated heterocycles. The highest BCUT2D eigenvalue weighted by Crippen LogP contribution is 2.29. The summed E-state index contributed by atoms with van der Waals surface area (Å²) >= 11 is 0. The lowest BCUT2D eigenvalue weighted by Gasteiger charge is -2.07.